The van der Waals surface area contributed by atoms with Gasteiger partial charge in [0.1, 0.15) is 11.6 Å². The molecule has 36 heavy (non-hydrogen) atoms. The summed E-state index contributed by atoms with van der Waals surface area (Å²) < 4.78 is 5.28. The predicted octanol–water partition coefficient (Wildman–Crippen LogP) is 4.14. The van der Waals surface area contributed by atoms with Gasteiger partial charge in [0.25, 0.3) is 0 Å². The van der Waals surface area contributed by atoms with Crippen molar-refractivity contribution in [1.82, 2.24) is 15.2 Å². The van der Waals surface area contributed by atoms with Crippen LogP contribution in [0.15, 0.2) is 72.9 Å². The van der Waals surface area contributed by atoms with E-state index in [9.17, 15) is 4.79 Å². The minimum Gasteiger partial charge on any atom is -0.497 e. The molecule has 3 rings (SSSR count). The number of hydrogen-bond donors (Lipinski definition) is 2. The summed E-state index contributed by atoms with van der Waals surface area (Å²) >= 11 is 0. The number of aromatic nitrogens is 1. The average Bonchev–Trinajstić information content (AvgIpc) is 2.90. The number of carbonyl (C=O) groups is 1. The van der Waals surface area contributed by atoms with Crippen molar-refractivity contribution in [2.75, 3.05) is 51.0 Å². The maximum absolute atomic E-state index is 12.1. The third-order valence-electron chi connectivity index (χ3n) is 6.14. The Hall–Kier alpha value is -3.58. The molecule has 192 valence electrons. The molecule has 7 heteroatoms. The fourth-order valence-electron chi connectivity index (χ4n) is 3.96. The van der Waals surface area contributed by atoms with Crippen LogP contribution in [-0.2, 0) is 17.8 Å². The number of methoxy groups -OCH3 is 1. The number of nitrogen functional groups attached to an aromatic ring is 1. The number of nitrogens with one attached hydrogen (secondary N) is 1. The molecule has 2 aromatic carbocycles. The smallest absolute Gasteiger partial charge is 0.224 e. The van der Waals surface area contributed by atoms with E-state index in [0.29, 0.717) is 18.7 Å². The Morgan fingerprint density at radius 2 is 1.67 bits per heavy atom. The van der Waals surface area contributed by atoms with Crippen LogP contribution in [-0.4, -0.2) is 56.1 Å². The first-order valence-electron chi connectivity index (χ1n) is 12.6. The molecule has 1 aromatic heterocycles. The summed E-state index contributed by atoms with van der Waals surface area (Å²) in [5.41, 5.74) is 8.61. The van der Waals surface area contributed by atoms with Crippen LogP contribution in [0.4, 0.5) is 11.5 Å². The average molecular weight is 490 g/mol. The number of unbranched alkanes of at least 4 members (excludes halogenated alkanes) is 2. The molecule has 0 saturated carbocycles. The number of nitrogens with two attached hydrogens (primary N) is 1. The molecule has 0 fully saturated rings. The molecular formula is C29H39N5O2. The summed E-state index contributed by atoms with van der Waals surface area (Å²) in [6, 6.07) is 21.7. The van der Waals surface area contributed by atoms with Crippen LogP contribution in [0.1, 0.15) is 30.4 Å². The zero-order chi connectivity index (χ0) is 25.6. The normalized spacial score (nSPS) is 10.9. The maximum Gasteiger partial charge on any atom is 0.224 e. The molecule has 0 unspecified atom stereocenters. The van der Waals surface area contributed by atoms with Gasteiger partial charge >= 0.3 is 0 Å². The van der Waals surface area contributed by atoms with Crippen LogP contribution in [0.2, 0.25) is 0 Å². The van der Waals surface area contributed by atoms with Gasteiger partial charge in [0, 0.05) is 38.1 Å². The third kappa shape index (κ3) is 9.58. The van der Waals surface area contributed by atoms with Crippen molar-refractivity contribution >= 4 is 17.4 Å². The minimum atomic E-state index is 0.0587. The van der Waals surface area contributed by atoms with E-state index >= 15 is 0 Å². The van der Waals surface area contributed by atoms with Gasteiger partial charge < -0.3 is 25.6 Å². The number of nitrogens with zero attached hydrogens (tertiary/aromatic N) is 3. The molecule has 1 amide bonds. The molecule has 7 nitrogen and oxygen atoms in total. The first kappa shape index (κ1) is 27.0. The summed E-state index contributed by atoms with van der Waals surface area (Å²) in [5, 5.41) is 3.02. The highest BCUT2D eigenvalue weighted by Crippen LogP contribution is 2.17. The number of ether oxygens (including phenoxy) is 1. The predicted molar refractivity (Wildman–Crippen MR) is 147 cm³/mol. The molecule has 0 saturated heterocycles. The standard InChI is InChI=1S/C29H39N5O2/c1-33(19-7-3-5-18-32-29(35)22-24-9-13-26(30)14-10-24)20-21-34(28-8-4-6-17-31-28)23-25-11-15-27(36-2)16-12-25/h4,6,8-17H,3,5,7,18-23,30H2,1-2H3,(H,32,35). The van der Waals surface area contributed by atoms with Gasteiger partial charge in [0.15, 0.2) is 0 Å². The molecule has 1 heterocycles. The molecule has 0 aliphatic rings. The van der Waals surface area contributed by atoms with Crippen LogP contribution >= 0.6 is 0 Å². The third-order valence-corrected chi connectivity index (χ3v) is 6.14. The number of rotatable bonds is 15. The molecule has 0 aliphatic heterocycles. The molecule has 3 N–H and O–H groups in total. The van der Waals surface area contributed by atoms with Crippen molar-refractivity contribution in [3.63, 3.8) is 0 Å². The quantitative estimate of drug-likeness (QED) is 0.247. The topological polar surface area (TPSA) is 83.7 Å². The van der Waals surface area contributed by atoms with Crippen LogP contribution < -0.4 is 20.7 Å². The zero-order valence-corrected chi connectivity index (χ0v) is 21.5. The maximum atomic E-state index is 12.1. The van der Waals surface area contributed by atoms with Gasteiger partial charge in [-0.15, -0.1) is 0 Å². The second-order valence-electron chi connectivity index (χ2n) is 9.09. The van der Waals surface area contributed by atoms with E-state index in [1.807, 2.05) is 54.7 Å². The number of pyridine rings is 1. The summed E-state index contributed by atoms with van der Waals surface area (Å²) in [6.07, 6.45) is 5.41. The molecule has 0 spiro atoms. The van der Waals surface area contributed by atoms with E-state index in [0.717, 1.165) is 62.6 Å². The molecule has 0 atom stereocenters. The Kier molecular flexibility index (Phi) is 11.1. The van der Waals surface area contributed by atoms with Crippen LogP contribution in [0.5, 0.6) is 5.75 Å². The van der Waals surface area contributed by atoms with Crippen LogP contribution in [0.3, 0.4) is 0 Å². The van der Waals surface area contributed by atoms with Gasteiger partial charge in [0.2, 0.25) is 5.91 Å². The van der Waals surface area contributed by atoms with E-state index in [4.69, 9.17) is 10.5 Å². The van der Waals surface area contributed by atoms with Gasteiger partial charge in [-0.1, -0.05) is 36.8 Å². The minimum absolute atomic E-state index is 0.0587. The second kappa shape index (κ2) is 14.7. The fraction of sp³-hybridized carbons (Fsp3) is 0.379. The van der Waals surface area contributed by atoms with Gasteiger partial charge in [-0.05, 0) is 74.0 Å². The number of hydrogen-bond acceptors (Lipinski definition) is 6. The van der Waals surface area contributed by atoms with E-state index in [1.165, 1.54) is 5.56 Å². The van der Waals surface area contributed by atoms with Crippen molar-refractivity contribution in [2.45, 2.75) is 32.2 Å². The van der Waals surface area contributed by atoms with Crippen molar-refractivity contribution in [1.29, 1.82) is 0 Å². The Morgan fingerprint density at radius 1 is 0.917 bits per heavy atom. The summed E-state index contributed by atoms with van der Waals surface area (Å²) in [4.78, 5) is 21.3. The highest BCUT2D eigenvalue weighted by Gasteiger charge is 2.10. The number of amides is 1. The van der Waals surface area contributed by atoms with E-state index in [-0.39, 0.29) is 5.91 Å². The summed E-state index contributed by atoms with van der Waals surface area (Å²) in [5.74, 6) is 1.91. The first-order chi connectivity index (χ1) is 17.5. The molecule has 0 aliphatic carbocycles. The fourth-order valence-corrected chi connectivity index (χ4v) is 3.96. The lowest BCUT2D eigenvalue weighted by Crippen LogP contribution is -2.34. The van der Waals surface area contributed by atoms with Crippen molar-refractivity contribution in [2.24, 2.45) is 0 Å². The Morgan fingerprint density at radius 3 is 2.36 bits per heavy atom. The highest BCUT2D eigenvalue weighted by atomic mass is 16.5. The second-order valence-corrected chi connectivity index (χ2v) is 9.09. The lowest BCUT2D eigenvalue weighted by Gasteiger charge is -2.27. The highest BCUT2D eigenvalue weighted by molar-refractivity contribution is 5.78. The van der Waals surface area contributed by atoms with E-state index in [2.05, 4.69) is 45.3 Å². The molecule has 0 radical (unpaired) electrons. The van der Waals surface area contributed by atoms with Gasteiger partial charge in [-0.25, -0.2) is 4.98 Å². The lowest BCUT2D eigenvalue weighted by atomic mass is 10.1. The number of likely N-dealkylation sites (N-methyl/N-ethyl adjacent to an activating group) is 1. The lowest BCUT2D eigenvalue weighted by molar-refractivity contribution is -0.120. The molecule has 0 bridgehead atoms. The molecule has 3 aromatic rings. The zero-order valence-electron chi connectivity index (χ0n) is 21.5. The van der Waals surface area contributed by atoms with Gasteiger partial charge in [0.05, 0.1) is 13.5 Å². The summed E-state index contributed by atoms with van der Waals surface area (Å²) in [7, 11) is 3.85. The number of carbonyl (C=O) groups excluding carboxylic acids is 1. The van der Waals surface area contributed by atoms with Crippen molar-refractivity contribution in [3.05, 3.63) is 84.1 Å². The Balaban J connectivity index is 1.34. The number of benzene rings is 2. The van der Waals surface area contributed by atoms with Crippen molar-refractivity contribution in [3.8, 4) is 5.75 Å². The molecular weight excluding hydrogens is 450 g/mol. The van der Waals surface area contributed by atoms with Crippen LogP contribution in [0.25, 0.3) is 0 Å². The van der Waals surface area contributed by atoms with E-state index < -0.39 is 0 Å². The van der Waals surface area contributed by atoms with E-state index in [1.54, 1.807) is 7.11 Å². The Labute approximate surface area is 215 Å². The SMILES string of the molecule is COc1ccc(CN(CCN(C)CCCCCNC(=O)Cc2ccc(N)cc2)c2ccccn2)cc1. The summed E-state index contributed by atoms with van der Waals surface area (Å²) in [6.45, 7) is 4.38. The first-order valence-corrected chi connectivity index (χ1v) is 12.6. The van der Waals surface area contributed by atoms with Crippen LogP contribution in [0, 0.1) is 0 Å². The Bertz CT molecular complexity index is 1030. The van der Waals surface area contributed by atoms with Gasteiger partial charge in [-0.2, -0.15) is 0 Å². The number of anilines is 2. The van der Waals surface area contributed by atoms with Gasteiger partial charge in [-0.3, -0.25) is 4.79 Å². The monoisotopic (exact) mass is 489 g/mol. The largest absolute Gasteiger partial charge is 0.497 e. The van der Waals surface area contributed by atoms with Crippen molar-refractivity contribution < 1.29 is 9.53 Å².